The highest BCUT2D eigenvalue weighted by Gasteiger charge is 2.26. The first-order chi connectivity index (χ1) is 10.5. The summed E-state index contributed by atoms with van der Waals surface area (Å²) in [5, 5.41) is 2.84. The summed E-state index contributed by atoms with van der Waals surface area (Å²) in [6, 6.07) is 4.95. The summed E-state index contributed by atoms with van der Waals surface area (Å²) < 4.78 is 13.5. The molecule has 1 heterocycles. The fourth-order valence-electron chi connectivity index (χ4n) is 2.60. The maximum atomic E-state index is 13.5. The van der Waals surface area contributed by atoms with E-state index < -0.39 is 0 Å². The van der Waals surface area contributed by atoms with Gasteiger partial charge in [-0.15, -0.1) is 12.4 Å². The van der Waals surface area contributed by atoms with Crippen molar-refractivity contribution >= 4 is 24.2 Å². The maximum Gasteiger partial charge on any atom is 0.236 e. The molecule has 3 N–H and O–H groups in total. The summed E-state index contributed by atoms with van der Waals surface area (Å²) in [4.78, 5) is 25.3. The number of carbonyl (C=O) groups excluding carboxylic acids is 2. The zero-order valence-electron chi connectivity index (χ0n) is 13.2. The zero-order chi connectivity index (χ0) is 16.1. The maximum absolute atomic E-state index is 13.5. The third-order valence-corrected chi connectivity index (χ3v) is 4.10. The molecule has 0 radical (unpaired) electrons. The van der Waals surface area contributed by atoms with Crippen molar-refractivity contribution in [3.8, 4) is 0 Å². The van der Waals surface area contributed by atoms with Gasteiger partial charge in [0, 0.05) is 25.6 Å². The number of aryl methyl sites for hydroxylation is 1. The molecule has 0 atom stereocenters. The Labute approximate surface area is 141 Å². The van der Waals surface area contributed by atoms with Crippen molar-refractivity contribution in [2.75, 3.05) is 19.6 Å². The second kappa shape index (κ2) is 8.84. The van der Waals surface area contributed by atoms with Crippen LogP contribution in [-0.2, 0) is 16.1 Å². The summed E-state index contributed by atoms with van der Waals surface area (Å²) in [7, 11) is 0. The van der Waals surface area contributed by atoms with Crippen molar-refractivity contribution in [3.05, 3.63) is 35.1 Å². The van der Waals surface area contributed by atoms with Crippen molar-refractivity contribution in [1.82, 2.24) is 10.2 Å². The van der Waals surface area contributed by atoms with Gasteiger partial charge in [0.2, 0.25) is 11.8 Å². The van der Waals surface area contributed by atoms with Crippen LogP contribution in [0, 0.1) is 18.7 Å². The van der Waals surface area contributed by atoms with Gasteiger partial charge in [-0.2, -0.15) is 0 Å². The number of nitrogens with zero attached hydrogens (tertiary/aromatic N) is 1. The van der Waals surface area contributed by atoms with Crippen LogP contribution in [0.3, 0.4) is 0 Å². The Morgan fingerprint density at radius 3 is 2.57 bits per heavy atom. The first-order valence-corrected chi connectivity index (χ1v) is 7.52. The second-order valence-corrected chi connectivity index (χ2v) is 5.66. The van der Waals surface area contributed by atoms with Gasteiger partial charge in [-0.05, 0) is 37.0 Å². The highest BCUT2D eigenvalue weighted by atomic mass is 35.5. The number of hydrogen-bond donors (Lipinski definition) is 2. The Morgan fingerprint density at radius 1 is 1.35 bits per heavy atom. The van der Waals surface area contributed by atoms with E-state index in [9.17, 15) is 14.0 Å². The third kappa shape index (κ3) is 5.18. The van der Waals surface area contributed by atoms with E-state index >= 15 is 0 Å². The molecule has 2 rings (SSSR count). The molecule has 128 valence electrons. The van der Waals surface area contributed by atoms with Crippen LogP contribution in [0.2, 0.25) is 0 Å². The van der Waals surface area contributed by atoms with Gasteiger partial charge in [0.1, 0.15) is 5.82 Å². The normalized spacial score (nSPS) is 15.0. The monoisotopic (exact) mass is 343 g/mol. The van der Waals surface area contributed by atoms with E-state index in [4.69, 9.17) is 5.73 Å². The molecule has 0 aromatic heterocycles. The van der Waals surface area contributed by atoms with Crippen LogP contribution in [0.25, 0.3) is 0 Å². The Balaban J connectivity index is 0.00000264. The Bertz CT molecular complexity index is 560. The van der Waals surface area contributed by atoms with Crippen LogP contribution < -0.4 is 11.1 Å². The van der Waals surface area contributed by atoms with Gasteiger partial charge in [-0.25, -0.2) is 4.39 Å². The van der Waals surface area contributed by atoms with Crippen molar-refractivity contribution < 1.29 is 14.0 Å². The molecule has 1 aliphatic heterocycles. The molecular formula is C16H23ClFN3O2. The van der Waals surface area contributed by atoms with Gasteiger partial charge in [0.05, 0.1) is 6.54 Å². The van der Waals surface area contributed by atoms with Gasteiger partial charge in [0.25, 0.3) is 0 Å². The SMILES string of the molecule is Cc1ccc(CNC(=O)C2CCN(C(=O)CN)CC2)cc1F.Cl. The summed E-state index contributed by atoms with van der Waals surface area (Å²) in [5.74, 6) is -0.479. The van der Waals surface area contributed by atoms with E-state index in [0.29, 0.717) is 38.0 Å². The predicted octanol–water partition coefficient (Wildman–Crippen LogP) is 1.37. The number of nitrogens with one attached hydrogen (secondary N) is 1. The van der Waals surface area contributed by atoms with Gasteiger partial charge >= 0.3 is 0 Å². The van der Waals surface area contributed by atoms with Gasteiger partial charge in [-0.1, -0.05) is 12.1 Å². The van der Waals surface area contributed by atoms with E-state index in [1.807, 2.05) is 0 Å². The number of amides is 2. The van der Waals surface area contributed by atoms with E-state index in [1.165, 1.54) is 6.07 Å². The van der Waals surface area contributed by atoms with Crippen molar-refractivity contribution in [1.29, 1.82) is 0 Å². The number of hydrogen-bond acceptors (Lipinski definition) is 3. The first-order valence-electron chi connectivity index (χ1n) is 7.52. The topological polar surface area (TPSA) is 75.4 Å². The van der Waals surface area contributed by atoms with Gasteiger partial charge < -0.3 is 16.0 Å². The lowest BCUT2D eigenvalue weighted by atomic mass is 9.95. The molecule has 23 heavy (non-hydrogen) atoms. The van der Waals surface area contributed by atoms with Crippen molar-refractivity contribution in [2.45, 2.75) is 26.3 Å². The molecule has 0 spiro atoms. The number of likely N-dealkylation sites (tertiary alicyclic amines) is 1. The summed E-state index contributed by atoms with van der Waals surface area (Å²) in [5.41, 5.74) is 6.66. The van der Waals surface area contributed by atoms with E-state index in [1.54, 1.807) is 24.0 Å². The Hall–Kier alpha value is -1.66. The minimum absolute atomic E-state index is 0. The standard InChI is InChI=1S/C16H22FN3O2.ClH/c1-11-2-3-12(8-14(11)17)10-19-16(22)13-4-6-20(7-5-13)15(21)9-18;/h2-3,8,13H,4-7,9-10,18H2,1H3,(H,19,22);1H. The second-order valence-electron chi connectivity index (χ2n) is 5.66. The Kier molecular flexibility index (Phi) is 7.45. The minimum atomic E-state index is -0.264. The molecule has 2 amide bonds. The molecular weight excluding hydrogens is 321 g/mol. The number of halogens is 2. The van der Waals surface area contributed by atoms with Crippen molar-refractivity contribution in [3.63, 3.8) is 0 Å². The molecule has 1 saturated heterocycles. The summed E-state index contributed by atoms with van der Waals surface area (Å²) >= 11 is 0. The highest BCUT2D eigenvalue weighted by molar-refractivity contribution is 5.85. The third-order valence-electron chi connectivity index (χ3n) is 4.10. The lowest BCUT2D eigenvalue weighted by Crippen LogP contribution is -2.44. The zero-order valence-corrected chi connectivity index (χ0v) is 14.0. The average Bonchev–Trinajstić information content (AvgIpc) is 2.55. The molecule has 0 bridgehead atoms. The minimum Gasteiger partial charge on any atom is -0.352 e. The average molecular weight is 344 g/mol. The predicted molar refractivity (Wildman–Crippen MR) is 88.6 cm³/mol. The molecule has 1 aromatic carbocycles. The van der Waals surface area contributed by atoms with Crippen LogP contribution in [0.1, 0.15) is 24.0 Å². The lowest BCUT2D eigenvalue weighted by molar-refractivity contribution is -0.134. The fourth-order valence-corrected chi connectivity index (χ4v) is 2.60. The van der Waals surface area contributed by atoms with Crippen LogP contribution in [0.15, 0.2) is 18.2 Å². The van der Waals surface area contributed by atoms with Crippen LogP contribution >= 0.6 is 12.4 Å². The number of rotatable bonds is 4. The quantitative estimate of drug-likeness (QED) is 0.867. The first kappa shape index (κ1) is 19.4. The summed E-state index contributed by atoms with van der Waals surface area (Å²) in [6.07, 6.45) is 1.28. The number of benzene rings is 1. The highest BCUT2D eigenvalue weighted by Crippen LogP contribution is 2.17. The van der Waals surface area contributed by atoms with Crippen LogP contribution in [0.4, 0.5) is 4.39 Å². The van der Waals surface area contributed by atoms with Crippen molar-refractivity contribution in [2.24, 2.45) is 11.7 Å². The smallest absolute Gasteiger partial charge is 0.236 e. The summed E-state index contributed by atoms with van der Waals surface area (Å²) in [6.45, 7) is 3.16. The van der Waals surface area contributed by atoms with Crippen LogP contribution in [-0.4, -0.2) is 36.3 Å². The number of piperidine rings is 1. The molecule has 7 heteroatoms. The molecule has 0 aliphatic carbocycles. The molecule has 0 unspecified atom stereocenters. The molecule has 1 fully saturated rings. The van der Waals surface area contributed by atoms with Gasteiger partial charge in [0.15, 0.2) is 0 Å². The molecule has 0 saturated carbocycles. The molecule has 1 aromatic rings. The van der Waals surface area contributed by atoms with E-state index in [2.05, 4.69) is 5.32 Å². The number of nitrogens with two attached hydrogens (primary N) is 1. The fraction of sp³-hybridized carbons (Fsp3) is 0.500. The molecule has 1 aliphatic rings. The number of carbonyl (C=O) groups is 2. The Morgan fingerprint density at radius 2 is 2.00 bits per heavy atom. The lowest BCUT2D eigenvalue weighted by Gasteiger charge is -2.31. The van der Waals surface area contributed by atoms with E-state index in [0.717, 1.165) is 5.56 Å². The largest absolute Gasteiger partial charge is 0.352 e. The van der Waals surface area contributed by atoms with Gasteiger partial charge in [-0.3, -0.25) is 9.59 Å². The van der Waals surface area contributed by atoms with E-state index in [-0.39, 0.29) is 42.5 Å². The van der Waals surface area contributed by atoms with Crippen LogP contribution in [0.5, 0.6) is 0 Å². The molecule has 5 nitrogen and oxygen atoms in total.